The van der Waals surface area contributed by atoms with E-state index in [-0.39, 0.29) is 5.91 Å². The second-order valence-corrected chi connectivity index (χ2v) is 7.12. The molecule has 0 N–H and O–H groups in total. The van der Waals surface area contributed by atoms with Crippen LogP contribution >= 0.6 is 11.8 Å². The van der Waals surface area contributed by atoms with Crippen LogP contribution in [0.25, 0.3) is 0 Å². The van der Waals surface area contributed by atoms with Gasteiger partial charge in [0.25, 0.3) is 5.91 Å². The average molecular weight is 395 g/mol. The Hall–Kier alpha value is -2.06. The summed E-state index contributed by atoms with van der Waals surface area (Å²) in [4.78, 5) is 20.9. The maximum Gasteiger partial charge on any atom is 0.416 e. The van der Waals surface area contributed by atoms with E-state index in [2.05, 4.69) is 9.88 Å². The van der Waals surface area contributed by atoms with Crippen LogP contribution in [0.2, 0.25) is 0 Å². The van der Waals surface area contributed by atoms with Gasteiger partial charge in [-0.05, 0) is 36.1 Å². The molecule has 2 aromatic rings. The highest BCUT2D eigenvalue weighted by Crippen LogP contribution is 2.29. The van der Waals surface area contributed by atoms with E-state index in [1.807, 2.05) is 6.26 Å². The minimum absolute atomic E-state index is 0.0263. The number of amides is 1. The summed E-state index contributed by atoms with van der Waals surface area (Å²) in [6.45, 7) is 3.11. The summed E-state index contributed by atoms with van der Waals surface area (Å²) in [5.41, 5.74) is 0.809. The molecule has 1 aliphatic heterocycles. The summed E-state index contributed by atoms with van der Waals surface area (Å²) < 4.78 is 37.9. The van der Waals surface area contributed by atoms with E-state index in [1.165, 1.54) is 23.9 Å². The molecule has 1 aliphatic rings. The highest BCUT2D eigenvalue weighted by atomic mass is 32.2. The van der Waals surface area contributed by atoms with Gasteiger partial charge in [-0.15, -0.1) is 11.8 Å². The van der Waals surface area contributed by atoms with Crippen molar-refractivity contribution >= 4 is 17.7 Å². The number of carbonyl (C=O) groups excluding carboxylic acids is 1. The second kappa shape index (κ2) is 8.31. The smallest absolute Gasteiger partial charge is 0.336 e. The van der Waals surface area contributed by atoms with E-state index in [0.29, 0.717) is 38.3 Å². The Kier molecular flexibility index (Phi) is 6.06. The van der Waals surface area contributed by atoms with Crippen molar-refractivity contribution in [3.05, 3.63) is 59.3 Å². The van der Waals surface area contributed by atoms with Crippen LogP contribution in [0.5, 0.6) is 0 Å². The van der Waals surface area contributed by atoms with Gasteiger partial charge in [-0.25, -0.2) is 4.98 Å². The first-order valence-electron chi connectivity index (χ1n) is 8.55. The van der Waals surface area contributed by atoms with Crippen molar-refractivity contribution in [3.63, 3.8) is 0 Å². The topological polar surface area (TPSA) is 36.4 Å². The Bertz CT molecular complexity index is 788. The van der Waals surface area contributed by atoms with Gasteiger partial charge in [-0.3, -0.25) is 9.69 Å². The van der Waals surface area contributed by atoms with Crippen LogP contribution in [-0.2, 0) is 12.7 Å². The summed E-state index contributed by atoms with van der Waals surface area (Å²) in [6, 6.07) is 8.80. The molecule has 1 saturated heterocycles. The van der Waals surface area contributed by atoms with Crippen molar-refractivity contribution in [1.82, 2.24) is 14.8 Å². The quantitative estimate of drug-likeness (QED) is 0.739. The lowest BCUT2D eigenvalue weighted by atomic mass is 10.1. The zero-order valence-electron chi connectivity index (χ0n) is 14.9. The van der Waals surface area contributed by atoms with Gasteiger partial charge in [0, 0.05) is 38.9 Å². The molecule has 4 nitrogen and oxygen atoms in total. The molecule has 0 unspecified atom stereocenters. The number of benzene rings is 1. The van der Waals surface area contributed by atoms with Crippen molar-refractivity contribution in [2.75, 3.05) is 32.4 Å². The number of nitrogens with zero attached hydrogens (tertiary/aromatic N) is 3. The Labute approximate surface area is 160 Å². The highest BCUT2D eigenvalue weighted by molar-refractivity contribution is 7.98. The molecule has 0 spiro atoms. The molecule has 8 heteroatoms. The van der Waals surface area contributed by atoms with Crippen LogP contribution in [0, 0.1) is 0 Å². The molecule has 27 heavy (non-hydrogen) atoms. The Morgan fingerprint density at radius 1 is 1.11 bits per heavy atom. The Morgan fingerprint density at radius 3 is 2.37 bits per heavy atom. The van der Waals surface area contributed by atoms with Gasteiger partial charge in [0.15, 0.2) is 0 Å². The molecular weight excluding hydrogens is 375 g/mol. The number of alkyl halides is 3. The summed E-state index contributed by atoms with van der Waals surface area (Å²) in [5.74, 6) is -0.0263. The molecule has 1 amide bonds. The van der Waals surface area contributed by atoms with Crippen molar-refractivity contribution in [3.8, 4) is 0 Å². The van der Waals surface area contributed by atoms with Crippen LogP contribution < -0.4 is 0 Å². The third kappa shape index (κ3) is 4.81. The van der Waals surface area contributed by atoms with Crippen LogP contribution in [0.3, 0.4) is 0 Å². The molecule has 0 radical (unpaired) electrons. The number of thioether (sulfide) groups is 1. The fourth-order valence-corrected chi connectivity index (χ4v) is 3.59. The third-order valence-electron chi connectivity index (χ3n) is 4.54. The lowest BCUT2D eigenvalue weighted by Crippen LogP contribution is -2.48. The van der Waals surface area contributed by atoms with Crippen molar-refractivity contribution in [2.45, 2.75) is 17.7 Å². The SMILES string of the molecule is CSc1ncccc1C(=O)N1CCN(Cc2ccc(C(F)(F)F)cc2)CC1. The maximum absolute atomic E-state index is 12.7. The molecule has 0 atom stereocenters. The molecule has 0 bridgehead atoms. The van der Waals surface area contributed by atoms with Crippen LogP contribution in [0.1, 0.15) is 21.5 Å². The highest BCUT2D eigenvalue weighted by Gasteiger charge is 2.30. The second-order valence-electron chi connectivity index (χ2n) is 6.32. The molecule has 1 aromatic heterocycles. The first-order valence-corrected chi connectivity index (χ1v) is 9.78. The van der Waals surface area contributed by atoms with Gasteiger partial charge < -0.3 is 4.90 Å². The van der Waals surface area contributed by atoms with E-state index in [9.17, 15) is 18.0 Å². The van der Waals surface area contributed by atoms with Crippen molar-refractivity contribution in [2.24, 2.45) is 0 Å². The third-order valence-corrected chi connectivity index (χ3v) is 5.25. The van der Waals surface area contributed by atoms with E-state index in [1.54, 1.807) is 23.2 Å². The Balaban J connectivity index is 1.56. The summed E-state index contributed by atoms with van der Waals surface area (Å²) >= 11 is 1.44. The number of piperazine rings is 1. The summed E-state index contributed by atoms with van der Waals surface area (Å²) in [5, 5.41) is 0.717. The lowest BCUT2D eigenvalue weighted by molar-refractivity contribution is -0.137. The summed E-state index contributed by atoms with van der Waals surface area (Å²) in [6.07, 6.45) is -0.752. The first kappa shape index (κ1) is 19.7. The minimum atomic E-state index is -4.31. The first-order chi connectivity index (χ1) is 12.9. The van der Waals surface area contributed by atoms with Gasteiger partial charge >= 0.3 is 6.18 Å². The monoisotopic (exact) mass is 395 g/mol. The molecule has 3 rings (SSSR count). The Morgan fingerprint density at radius 2 is 1.78 bits per heavy atom. The van der Waals surface area contributed by atoms with Crippen LogP contribution in [0.4, 0.5) is 13.2 Å². The van der Waals surface area contributed by atoms with Crippen molar-refractivity contribution < 1.29 is 18.0 Å². The van der Waals surface area contributed by atoms with Gasteiger partial charge in [0.2, 0.25) is 0 Å². The molecule has 0 aliphatic carbocycles. The number of hydrogen-bond acceptors (Lipinski definition) is 4. The number of aromatic nitrogens is 1. The van der Waals surface area contributed by atoms with Crippen LogP contribution in [0.15, 0.2) is 47.6 Å². The van der Waals surface area contributed by atoms with Gasteiger partial charge in [0.1, 0.15) is 5.03 Å². The zero-order valence-corrected chi connectivity index (χ0v) is 15.7. The molecular formula is C19H20F3N3OS. The molecule has 1 aromatic carbocycles. The van der Waals surface area contributed by atoms with E-state index in [0.717, 1.165) is 22.7 Å². The normalized spacial score (nSPS) is 15.8. The molecule has 0 saturated carbocycles. The maximum atomic E-state index is 12.7. The predicted octanol–water partition coefficient (Wildman–Crippen LogP) is 3.78. The number of halogens is 3. The van der Waals surface area contributed by atoms with E-state index >= 15 is 0 Å². The van der Waals surface area contributed by atoms with E-state index < -0.39 is 11.7 Å². The molecule has 1 fully saturated rings. The largest absolute Gasteiger partial charge is 0.416 e. The predicted molar refractivity (Wildman–Crippen MR) is 98.6 cm³/mol. The van der Waals surface area contributed by atoms with Gasteiger partial charge in [-0.1, -0.05) is 12.1 Å². The minimum Gasteiger partial charge on any atom is -0.336 e. The zero-order chi connectivity index (χ0) is 19.4. The van der Waals surface area contributed by atoms with Gasteiger partial charge in [0.05, 0.1) is 11.1 Å². The molecule has 2 heterocycles. The standard InChI is InChI=1S/C19H20F3N3OS/c1-27-17-16(3-2-8-23-17)18(26)25-11-9-24(10-12-25)13-14-4-6-15(7-5-14)19(20,21)22/h2-8H,9-13H2,1H3. The summed E-state index contributed by atoms with van der Waals surface area (Å²) in [7, 11) is 0. The fraction of sp³-hybridized carbons (Fsp3) is 0.368. The number of carbonyl (C=O) groups is 1. The number of hydrogen-bond donors (Lipinski definition) is 0. The van der Waals surface area contributed by atoms with Crippen molar-refractivity contribution in [1.29, 1.82) is 0 Å². The lowest BCUT2D eigenvalue weighted by Gasteiger charge is -2.35. The number of pyridine rings is 1. The fourth-order valence-electron chi connectivity index (χ4n) is 3.05. The number of rotatable bonds is 4. The molecule has 144 valence electrons. The average Bonchev–Trinajstić information content (AvgIpc) is 2.68. The van der Waals surface area contributed by atoms with E-state index in [4.69, 9.17) is 0 Å². The van der Waals surface area contributed by atoms with Gasteiger partial charge in [-0.2, -0.15) is 13.2 Å². The van der Waals surface area contributed by atoms with Crippen LogP contribution in [-0.4, -0.2) is 53.1 Å².